The number of hydrogen-bond donors (Lipinski definition) is 0. The first-order chi connectivity index (χ1) is 9.49. The Balaban J connectivity index is 3.71. The highest BCUT2D eigenvalue weighted by molar-refractivity contribution is 5.01. The molecule has 20 heavy (non-hydrogen) atoms. The van der Waals surface area contributed by atoms with Gasteiger partial charge in [0.2, 0.25) is 0 Å². The van der Waals surface area contributed by atoms with Crippen LogP contribution in [0.4, 0.5) is 0 Å². The minimum Gasteiger partial charge on any atom is -0.0883 e. The lowest BCUT2D eigenvalue weighted by molar-refractivity contribution is 0.502. The molecule has 0 heterocycles. The number of hydrogen-bond acceptors (Lipinski definition) is 0. The fourth-order valence-electron chi connectivity index (χ4n) is 2.21. The van der Waals surface area contributed by atoms with Crippen molar-refractivity contribution in [3.8, 4) is 0 Å². The van der Waals surface area contributed by atoms with E-state index in [4.69, 9.17) is 0 Å². The van der Waals surface area contributed by atoms with Gasteiger partial charge in [-0.25, -0.2) is 0 Å². The van der Waals surface area contributed by atoms with Crippen LogP contribution in [0, 0.1) is 17.8 Å². The summed E-state index contributed by atoms with van der Waals surface area (Å²) in [7, 11) is 0. The van der Waals surface area contributed by atoms with E-state index in [2.05, 4.69) is 59.8 Å². The standard InChI is InChI=1S/C20H38/c1-7-8-11-15-19(5)20(6)16-13-10-9-12-14-18(4)17(2)3/h12,14-15,17-18,20H,7-11,13,16H2,1-6H3. The Kier molecular flexibility index (Phi) is 11.9. The maximum atomic E-state index is 2.46. The summed E-state index contributed by atoms with van der Waals surface area (Å²) < 4.78 is 0. The van der Waals surface area contributed by atoms with Crippen LogP contribution in [0.2, 0.25) is 0 Å². The third kappa shape index (κ3) is 10.3. The number of allylic oxidation sites excluding steroid dienone is 4. The van der Waals surface area contributed by atoms with E-state index in [1.165, 1.54) is 44.9 Å². The fraction of sp³-hybridized carbons (Fsp3) is 0.800. The molecule has 0 aromatic carbocycles. The molecule has 0 aliphatic carbocycles. The molecule has 0 N–H and O–H groups in total. The Morgan fingerprint density at radius 3 is 2.25 bits per heavy atom. The molecule has 0 aliphatic rings. The first kappa shape index (κ1) is 19.5. The van der Waals surface area contributed by atoms with E-state index < -0.39 is 0 Å². The maximum Gasteiger partial charge on any atom is -0.0234 e. The molecule has 2 unspecified atom stereocenters. The summed E-state index contributed by atoms with van der Waals surface area (Å²) in [5.74, 6) is 2.25. The highest BCUT2D eigenvalue weighted by atomic mass is 14.1. The summed E-state index contributed by atoms with van der Waals surface area (Å²) in [6, 6.07) is 0. The van der Waals surface area contributed by atoms with Crippen molar-refractivity contribution in [3.63, 3.8) is 0 Å². The molecule has 0 saturated heterocycles. The van der Waals surface area contributed by atoms with Crippen molar-refractivity contribution in [1.82, 2.24) is 0 Å². The van der Waals surface area contributed by atoms with E-state index in [0.29, 0.717) is 0 Å². The molecular weight excluding hydrogens is 240 g/mol. The summed E-state index contributed by atoms with van der Waals surface area (Å²) >= 11 is 0. The molecule has 0 heteroatoms. The second kappa shape index (κ2) is 12.2. The lowest BCUT2D eigenvalue weighted by Crippen LogP contribution is -1.99. The normalized spacial score (nSPS) is 16.1. The topological polar surface area (TPSA) is 0 Å². The highest BCUT2D eigenvalue weighted by Crippen LogP contribution is 2.19. The molecule has 0 aromatic heterocycles. The minimum atomic E-state index is 0.720. The Bertz CT molecular complexity index is 270. The molecule has 2 atom stereocenters. The number of unbranched alkanes of at least 4 members (excludes halogenated alkanes) is 4. The third-order valence-electron chi connectivity index (χ3n) is 4.55. The van der Waals surface area contributed by atoms with Crippen molar-refractivity contribution in [2.75, 3.05) is 0 Å². The molecule has 0 rings (SSSR count). The summed E-state index contributed by atoms with van der Waals surface area (Å²) in [6.45, 7) is 13.9. The van der Waals surface area contributed by atoms with Crippen molar-refractivity contribution < 1.29 is 0 Å². The summed E-state index contributed by atoms with van der Waals surface area (Å²) in [4.78, 5) is 0. The van der Waals surface area contributed by atoms with Crippen LogP contribution in [-0.4, -0.2) is 0 Å². The smallest absolute Gasteiger partial charge is 0.0234 e. The first-order valence-corrected chi connectivity index (χ1v) is 8.82. The molecule has 118 valence electrons. The monoisotopic (exact) mass is 278 g/mol. The minimum absolute atomic E-state index is 0.720. The Hall–Kier alpha value is -0.520. The maximum absolute atomic E-state index is 2.46. The molecule has 0 spiro atoms. The van der Waals surface area contributed by atoms with Crippen LogP contribution in [-0.2, 0) is 0 Å². The second-order valence-electron chi connectivity index (χ2n) is 6.81. The van der Waals surface area contributed by atoms with Crippen molar-refractivity contribution in [2.45, 2.75) is 86.5 Å². The van der Waals surface area contributed by atoms with E-state index in [-0.39, 0.29) is 0 Å². The van der Waals surface area contributed by atoms with Crippen LogP contribution in [0.5, 0.6) is 0 Å². The van der Waals surface area contributed by atoms with Crippen LogP contribution in [0.25, 0.3) is 0 Å². The number of rotatable bonds is 11. The van der Waals surface area contributed by atoms with Crippen LogP contribution in [0.1, 0.15) is 86.5 Å². The molecule has 0 saturated carbocycles. The molecule has 0 amide bonds. The van der Waals surface area contributed by atoms with Gasteiger partial charge in [-0.05, 0) is 50.4 Å². The third-order valence-corrected chi connectivity index (χ3v) is 4.55. The lowest BCUT2D eigenvalue weighted by atomic mass is 9.94. The first-order valence-electron chi connectivity index (χ1n) is 8.82. The molecule has 0 aromatic rings. The quantitative estimate of drug-likeness (QED) is 0.277. The summed E-state index contributed by atoms with van der Waals surface area (Å²) in [5, 5.41) is 0. The predicted molar refractivity (Wildman–Crippen MR) is 94.1 cm³/mol. The lowest BCUT2D eigenvalue weighted by Gasteiger charge is -2.12. The Labute approximate surface area is 128 Å². The average Bonchev–Trinajstić information content (AvgIpc) is 2.41. The van der Waals surface area contributed by atoms with Gasteiger partial charge in [-0.3, -0.25) is 0 Å². The van der Waals surface area contributed by atoms with E-state index >= 15 is 0 Å². The van der Waals surface area contributed by atoms with E-state index in [1.54, 1.807) is 5.57 Å². The molecule has 0 aliphatic heterocycles. The second-order valence-corrected chi connectivity index (χ2v) is 6.81. The van der Waals surface area contributed by atoms with Gasteiger partial charge in [-0.2, -0.15) is 0 Å². The van der Waals surface area contributed by atoms with Gasteiger partial charge >= 0.3 is 0 Å². The summed E-state index contributed by atoms with van der Waals surface area (Å²) in [6.07, 6.45) is 16.4. The Morgan fingerprint density at radius 1 is 0.950 bits per heavy atom. The molecular formula is C20H38. The van der Waals surface area contributed by atoms with Gasteiger partial charge in [0.15, 0.2) is 0 Å². The Morgan fingerprint density at radius 2 is 1.65 bits per heavy atom. The zero-order chi connectivity index (χ0) is 15.4. The van der Waals surface area contributed by atoms with Gasteiger partial charge in [0.25, 0.3) is 0 Å². The fourth-order valence-corrected chi connectivity index (χ4v) is 2.21. The van der Waals surface area contributed by atoms with Crippen molar-refractivity contribution >= 4 is 0 Å². The van der Waals surface area contributed by atoms with Gasteiger partial charge in [-0.1, -0.05) is 77.7 Å². The van der Waals surface area contributed by atoms with Gasteiger partial charge in [-0.15, -0.1) is 0 Å². The average molecular weight is 279 g/mol. The molecule has 0 fully saturated rings. The van der Waals surface area contributed by atoms with E-state index in [9.17, 15) is 0 Å². The zero-order valence-corrected chi connectivity index (χ0v) is 14.9. The van der Waals surface area contributed by atoms with Crippen LogP contribution in [0.3, 0.4) is 0 Å². The van der Waals surface area contributed by atoms with Gasteiger partial charge < -0.3 is 0 Å². The summed E-state index contributed by atoms with van der Waals surface area (Å²) in [5.41, 5.74) is 1.60. The van der Waals surface area contributed by atoms with Gasteiger partial charge in [0, 0.05) is 0 Å². The largest absolute Gasteiger partial charge is 0.0883 e. The molecule has 0 radical (unpaired) electrons. The van der Waals surface area contributed by atoms with Crippen molar-refractivity contribution in [1.29, 1.82) is 0 Å². The van der Waals surface area contributed by atoms with Crippen molar-refractivity contribution in [3.05, 3.63) is 23.8 Å². The predicted octanol–water partition coefficient (Wildman–Crippen LogP) is 7.17. The van der Waals surface area contributed by atoms with Gasteiger partial charge in [0.1, 0.15) is 0 Å². The van der Waals surface area contributed by atoms with Crippen molar-refractivity contribution in [2.24, 2.45) is 17.8 Å². The van der Waals surface area contributed by atoms with E-state index in [0.717, 1.165) is 17.8 Å². The van der Waals surface area contributed by atoms with Crippen LogP contribution >= 0.6 is 0 Å². The van der Waals surface area contributed by atoms with E-state index in [1.807, 2.05) is 0 Å². The van der Waals surface area contributed by atoms with Crippen LogP contribution in [0.15, 0.2) is 23.8 Å². The SMILES string of the molecule is CCCCC=C(C)C(C)CCCCC=CC(C)C(C)C. The highest BCUT2D eigenvalue weighted by Gasteiger charge is 2.04. The molecule has 0 nitrogen and oxygen atoms in total. The molecule has 0 bridgehead atoms. The van der Waals surface area contributed by atoms with Gasteiger partial charge in [0.05, 0.1) is 0 Å². The zero-order valence-electron chi connectivity index (χ0n) is 14.9. The van der Waals surface area contributed by atoms with Crippen LogP contribution < -0.4 is 0 Å².